The van der Waals surface area contributed by atoms with Crippen molar-refractivity contribution >= 4 is 46.6 Å². The van der Waals surface area contributed by atoms with E-state index in [0.29, 0.717) is 27.7 Å². The van der Waals surface area contributed by atoms with Crippen molar-refractivity contribution in [2.45, 2.75) is 17.1 Å². The molecular formula is C23H21ClN2O3S. The molecule has 1 atom stereocenters. The monoisotopic (exact) mass is 440 g/mol. The molecule has 0 aliphatic heterocycles. The first-order valence-corrected chi connectivity index (χ1v) is 10.5. The second-order valence-corrected chi connectivity index (χ2v) is 8.29. The summed E-state index contributed by atoms with van der Waals surface area (Å²) in [6, 6.07) is 21.3. The summed E-state index contributed by atoms with van der Waals surface area (Å²) >= 11 is 7.42. The Labute approximate surface area is 184 Å². The highest BCUT2D eigenvalue weighted by atomic mass is 35.5. The zero-order valence-corrected chi connectivity index (χ0v) is 18.1. The second-order valence-electron chi connectivity index (χ2n) is 6.44. The van der Waals surface area contributed by atoms with Gasteiger partial charge in [-0.3, -0.25) is 9.59 Å². The van der Waals surface area contributed by atoms with Crippen molar-refractivity contribution in [2.24, 2.45) is 0 Å². The molecule has 3 aromatic carbocycles. The Bertz CT molecular complexity index is 1040. The van der Waals surface area contributed by atoms with Crippen molar-refractivity contribution in [2.75, 3.05) is 17.7 Å². The topological polar surface area (TPSA) is 67.4 Å². The number of carbonyl (C=O) groups is 2. The lowest BCUT2D eigenvalue weighted by atomic mass is 10.2. The number of nitrogens with one attached hydrogen (secondary N) is 2. The van der Waals surface area contributed by atoms with Gasteiger partial charge in [0, 0.05) is 21.2 Å². The zero-order chi connectivity index (χ0) is 21.5. The third-order valence-corrected chi connectivity index (χ3v) is 5.58. The Morgan fingerprint density at radius 1 is 0.967 bits per heavy atom. The average molecular weight is 441 g/mol. The lowest BCUT2D eigenvalue weighted by Gasteiger charge is -2.13. The zero-order valence-electron chi connectivity index (χ0n) is 16.5. The first-order valence-electron chi connectivity index (χ1n) is 9.24. The van der Waals surface area contributed by atoms with Gasteiger partial charge in [0.15, 0.2) is 0 Å². The third kappa shape index (κ3) is 5.78. The number of rotatable bonds is 7. The predicted molar refractivity (Wildman–Crippen MR) is 123 cm³/mol. The summed E-state index contributed by atoms with van der Waals surface area (Å²) in [5.41, 5.74) is 1.68. The number of carbonyl (C=O) groups excluding carboxylic acids is 2. The van der Waals surface area contributed by atoms with Crippen LogP contribution in [0.25, 0.3) is 0 Å². The Morgan fingerprint density at radius 2 is 1.70 bits per heavy atom. The van der Waals surface area contributed by atoms with Crippen LogP contribution in [0.2, 0.25) is 5.02 Å². The highest BCUT2D eigenvalue weighted by Crippen LogP contribution is 2.27. The van der Waals surface area contributed by atoms with Gasteiger partial charge >= 0.3 is 0 Å². The first-order chi connectivity index (χ1) is 14.5. The summed E-state index contributed by atoms with van der Waals surface area (Å²) in [6.07, 6.45) is 0. The SMILES string of the molecule is COc1ccccc1NC(=O)c1ccc(NC(=O)C(C)Sc2cccc(Cl)c2)cc1. The van der Waals surface area contributed by atoms with Crippen LogP contribution in [0.1, 0.15) is 17.3 Å². The molecule has 0 spiro atoms. The molecule has 0 fully saturated rings. The van der Waals surface area contributed by atoms with Gasteiger partial charge in [-0.25, -0.2) is 0 Å². The number of para-hydroxylation sites is 2. The number of anilines is 2. The number of ether oxygens (including phenoxy) is 1. The Balaban J connectivity index is 1.59. The molecule has 1 unspecified atom stereocenters. The maximum atomic E-state index is 12.5. The first kappa shape index (κ1) is 21.7. The Kier molecular flexibility index (Phi) is 7.38. The minimum absolute atomic E-state index is 0.133. The smallest absolute Gasteiger partial charge is 0.255 e. The number of hydrogen-bond donors (Lipinski definition) is 2. The number of amides is 2. The van der Waals surface area contributed by atoms with Crippen molar-refractivity contribution < 1.29 is 14.3 Å². The molecule has 3 rings (SSSR count). The van der Waals surface area contributed by atoms with Crippen LogP contribution in [0.5, 0.6) is 5.75 Å². The summed E-state index contributed by atoms with van der Waals surface area (Å²) < 4.78 is 5.24. The number of benzene rings is 3. The largest absolute Gasteiger partial charge is 0.495 e. The number of halogens is 1. The summed E-state index contributed by atoms with van der Waals surface area (Å²) in [5, 5.41) is 6.01. The molecule has 2 N–H and O–H groups in total. The molecule has 2 amide bonds. The minimum atomic E-state index is -0.308. The number of methoxy groups -OCH3 is 1. The predicted octanol–water partition coefficient (Wildman–Crippen LogP) is 5.72. The van der Waals surface area contributed by atoms with E-state index in [1.807, 2.05) is 37.3 Å². The van der Waals surface area contributed by atoms with Crippen molar-refractivity contribution in [1.82, 2.24) is 0 Å². The van der Waals surface area contributed by atoms with Crippen LogP contribution in [-0.2, 0) is 4.79 Å². The molecule has 0 bridgehead atoms. The molecule has 0 saturated carbocycles. The lowest BCUT2D eigenvalue weighted by Crippen LogP contribution is -2.22. The van der Waals surface area contributed by atoms with Crippen LogP contribution in [0.15, 0.2) is 77.7 Å². The molecular weight excluding hydrogens is 420 g/mol. The van der Waals surface area contributed by atoms with Crippen LogP contribution in [-0.4, -0.2) is 24.2 Å². The fraction of sp³-hybridized carbons (Fsp3) is 0.130. The molecule has 0 heterocycles. The highest BCUT2D eigenvalue weighted by Gasteiger charge is 2.15. The van der Waals surface area contributed by atoms with Crippen LogP contribution in [0.4, 0.5) is 11.4 Å². The third-order valence-electron chi connectivity index (χ3n) is 4.25. The van der Waals surface area contributed by atoms with Crippen molar-refractivity contribution in [3.63, 3.8) is 0 Å². The highest BCUT2D eigenvalue weighted by molar-refractivity contribution is 8.00. The molecule has 0 aromatic heterocycles. The van der Waals surface area contributed by atoms with E-state index >= 15 is 0 Å². The van der Waals surface area contributed by atoms with Crippen LogP contribution in [0.3, 0.4) is 0 Å². The summed E-state index contributed by atoms with van der Waals surface area (Å²) in [6.45, 7) is 1.83. The van der Waals surface area contributed by atoms with E-state index in [4.69, 9.17) is 16.3 Å². The van der Waals surface area contributed by atoms with Crippen LogP contribution in [0, 0.1) is 0 Å². The molecule has 5 nitrogen and oxygen atoms in total. The van der Waals surface area contributed by atoms with Gasteiger partial charge in [-0.2, -0.15) is 0 Å². The van der Waals surface area contributed by atoms with E-state index in [-0.39, 0.29) is 17.1 Å². The maximum absolute atomic E-state index is 12.5. The van der Waals surface area contributed by atoms with Gasteiger partial charge in [-0.05, 0) is 61.5 Å². The van der Waals surface area contributed by atoms with Crippen LogP contribution >= 0.6 is 23.4 Å². The van der Waals surface area contributed by atoms with E-state index < -0.39 is 0 Å². The van der Waals surface area contributed by atoms with Gasteiger partial charge in [0.25, 0.3) is 5.91 Å². The fourth-order valence-electron chi connectivity index (χ4n) is 2.69. The molecule has 0 aliphatic rings. The Hall–Kier alpha value is -2.96. The molecule has 0 radical (unpaired) electrons. The average Bonchev–Trinajstić information content (AvgIpc) is 2.74. The molecule has 3 aromatic rings. The molecule has 0 saturated heterocycles. The van der Waals surface area contributed by atoms with Gasteiger partial charge in [-0.1, -0.05) is 29.8 Å². The summed E-state index contributed by atoms with van der Waals surface area (Å²) in [4.78, 5) is 25.9. The van der Waals surface area contributed by atoms with E-state index in [9.17, 15) is 9.59 Å². The fourth-order valence-corrected chi connectivity index (χ4v) is 3.87. The van der Waals surface area contributed by atoms with E-state index in [0.717, 1.165) is 4.90 Å². The van der Waals surface area contributed by atoms with Crippen molar-refractivity contribution in [1.29, 1.82) is 0 Å². The lowest BCUT2D eigenvalue weighted by molar-refractivity contribution is -0.115. The van der Waals surface area contributed by atoms with Gasteiger partial charge in [-0.15, -0.1) is 11.8 Å². The molecule has 154 valence electrons. The number of thioether (sulfide) groups is 1. The molecule has 0 aliphatic carbocycles. The van der Waals surface area contributed by atoms with Gasteiger partial charge in [0.1, 0.15) is 5.75 Å². The van der Waals surface area contributed by atoms with Gasteiger partial charge < -0.3 is 15.4 Å². The van der Waals surface area contributed by atoms with Crippen molar-refractivity contribution in [3.8, 4) is 5.75 Å². The van der Waals surface area contributed by atoms with E-state index in [2.05, 4.69) is 10.6 Å². The summed E-state index contributed by atoms with van der Waals surface area (Å²) in [5.74, 6) is 0.189. The van der Waals surface area contributed by atoms with Crippen LogP contribution < -0.4 is 15.4 Å². The summed E-state index contributed by atoms with van der Waals surface area (Å²) in [7, 11) is 1.55. The van der Waals surface area contributed by atoms with Crippen molar-refractivity contribution in [3.05, 3.63) is 83.4 Å². The second kappa shape index (κ2) is 10.2. The van der Waals surface area contributed by atoms with E-state index in [1.54, 1.807) is 49.6 Å². The molecule has 30 heavy (non-hydrogen) atoms. The van der Waals surface area contributed by atoms with Gasteiger partial charge in [0.2, 0.25) is 5.91 Å². The normalized spacial score (nSPS) is 11.4. The van der Waals surface area contributed by atoms with E-state index in [1.165, 1.54) is 11.8 Å². The number of hydrogen-bond acceptors (Lipinski definition) is 4. The quantitative estimate of drug-likeness (QED) is 0.461. The minimum Gasteiger partial charge on any atom is -0.495 e. The standard InChI is InChI=1S/C23H21ClN2O3S/c1-15(30-19-7-5-6-17(24)14-19)22(27)25-18-12-10-16(11-13-18)23(28)26-20-8-3-4-9-21(20)29-2/h3-15H,1-2H3,(H,25,27)(H,26,28). The molecule has 7 heteroatoms. The maximum Gasteiger partial charge on any atom is 0.255 e. The Morgan fingerprint density at radius 3 is 2.40 bits per heavy atom. The van der Waals surface area contributed by atoms with Gasteiger partial charge in [0.05, 0.1) is 18.0 Å².